The Balaban J connectivity index is 1.28. The van der Waals surface area contributed by atoms with Crippen LogP contribution in [0.4, 0.5) is 13.2 Å². The Hall–Kier alpha value is -4.86. The predicted octanol–water partition coefficient (Wildman–Crippen LogP) is 5.89. The molecule has 0 bridgehead atoms. The quantitative estimate of drug-likeness (QED) is 0.286. The standard InChI is InChI=1S/C29H21F3N6O/c30-29(31,32)24-12-6-11-23(16-24)28-33-36-37(35-28)18-27(39)38-26(20-8-2-1-3-9-20)17-25(34-38)22-14-13-19-7-4-5-10-21(19)15-22/h1-16,26H,17-18H2. The van der Waals surface area contributed by atoms with Crippen LogP contribution < -0.4 is 0 Å². The number of tetrazole rings is 1. The smallest absolute Gasteiger partial charge is 0.271 e. The fraction of sp³-hybridized carbons (Fsp3) is 0.138. The Kier molecular flexibility index (Phi) is 6.14. The van der Waals surface area contributed by atoms with Gasteiger partial charge in [-0.1, -0.05) is 78.9 Å². The maximum Gasteiger partial charge on any atom is 0.416 e. The zero-order valence-electron chi connectivity index (χ0n) is 20.5. The first-order chi connectivity index (χ1) is 18.8. The summed E-state index contributed by atoms with van der Waals surface area (Å²) in [6.07, 6.45) is -3.97. The largest absolute Gasteiger partial charge is 0.416 e. The summed E-state index contributed by atoms with van der Waals surface area (Å²) >= 11 is 0. The second-order valence-corrected chi connectivity index (χ2v) is 9.20. The highest BCUT2D eigenvalue weighted by Crippen LogP contribution is 2.34. The lowest BCUT2D eigenvalue weighted by atomic mass is 9.97. The van der Waals surface area contributed by atoms with Gasteiger partial charge >= 0.3 is 6.18 Å². The van der Waals surface area contributed by atoms with E-state index in [1.54, 1.807) is 0 Å². The number of hydrazone groups is 1. The zero-order valence-corrected chi connectivity index (χ0v) is 20.5. The van der Waals surface area contributed by atoms with E-state index in [1.165, 1.54) is 17.1 Å². The van der Waals surface area contributed by atoms with Crippen LogP contribution in [0.2, 0.25) is 0 Å². The van der Waals surface area contributed by atoms with E-state index in [9.17, 15) is 18.0 Å². The molecule has 2 heterocycles. The van der Waals surface area contributed by atoms with Gasteiger partial charge in [0.05, 0.1) is 17.3 Å². The molecule has 1 unspecified atom stereocenters. The maximum absolute atomic E-state index is 13.5. The molecule has 5 aromatic rings. The fourth-order valence-electron chi connectivity index (χ4n) is 4.67. The normalized spacial score (nSPS) is 15.5. The molecule has 1 atom stereocenters. The van der Waals surface area contributed by atoms with Crippen LogP contribution in [0.25, 0.3) is 22.2 Å². The fourth-order valence-corrected chi connectivity index (χ4v) is 4.67. The van der Waals surface area contributed by atoms with Gasteiger partial charge in [0, 0.05) is 12.0 Å². The molecule has 194 valence electrons. The van der Waals surface area contributed by atoms with Crippen molar-refractivity contribution >= 4 is 22.4 Å². The third kappa shape index (κ3) is 5.00. The first-order valence-electron chi connectivity index (χ1n) is 12.2. The number of rotatable bonds is 5. The van der Waals surface area contributed by atoms with Crippen LogP contribution in [0.3, 0.4) is 0 Å². The van der Waals surface area contributed by atoms with E-state index in [0.717, 1.165) is 44.5 Å². The summed E-state index contributed by atoms with van der Waals surface area (Å²) in [6, 6.07) is 28.1. The molecule has 0 aliphatic carbocycles. The molecule has 0 saturated carbocycles. The highest BCUT2D eigenvalue weighted by molar-refractivity contribution is 6.05. The van der Waals surface area contributed by atoms with E-state index in [2.05, 4.69) is 21.5 Å². The lowest BCUT2D eigenvalue weighted by Gasteiger charge is -2.21. The Bertz CT molecular complexity index is 1700. The Morgan fingerprint density at radius 3 is 2.41 bits per heavy atom. The van der Waals surface area contributed by atoms with Gasteiger partial charge in [0.1, 0.15) is 6.54 Å². The van der Waals surface area contributed by atoms with Crippen molar-refractivity contribution in [1.29, 1.82) is 0 Å². The molecule has 0 radical (unpaired) electrons. The minimum atomic E-state index is -4.50. The van der Waals surface area contributed by atoms with Gasteiger partial charge in [0.25, 0.3) is 5.91 Å². The molecule has 0 N–H and O–H groups in total. The molecule has 1 aliphatic rings. The molecule has 6 rings (SSSR count). The third-order valence-electron chi connectivity index (χ3n) is 6.61. The van der Waals surface area contributed by atoms with Gasteiger partial charge < -0.3 is 0 Å². The van der Waals surface area contributed by atoms with Gasteiger partial charge in [-0.25, -0.2) is 5.01 Å². The second-order valence-electron chi connectivity index (χ2n) is 9.20. The van der Waals surface area contributed by atoms with Crippen molar-refractivity contribution in [3.63, 3.8) is 0 Å². The van der Waals surface area contributed by atoms with E-state index in [1.807, 2.05) is 66.7 Å². The van der Waals surface area contributed by atoms with Crippen molar-refractivity contribution in [3.05, 3.63) is 114 Å². The summed E-state index contributed by atoms with van der Waals surface area (Å²) in [7, 11) is 0. The van der Waals surface area contributed by atoms with Crippen LogP contribution in [0.15, 0.2) is 102 Å². The molecule has 4 aromatic carbocycles. The highest BCUT2D eigenvalue weighted by Gasteiger charge is 2.34. The first-order valence-corrected chi connectivity index (χ1v) is 12.2. The lowest BCUT2D eigenvalue weighted by molar-refractivity contribution is -0.137. The number of hydrogen-bond acceptors (Lipinski definition) is 5. The van der Waals surface area contributed by atoms with Crippen LogP contribution in [-0.2, 0) is 17.5 Å². The van der Waals surface area contributed by atoms with Gasteiger partial charge in [0.15, 0.2) is 0 Å². The summed E-state index contributed by atoms with van der Waals surface area (Å²) in [4.78, 5) is 14.5. The number of hydrogen-bond donors (Lipinski definition) is 0. The Labute approximate surface area is 221 Å². The van der Waals surface area contributed by atoms with E-state index < -0.39 is 11.7 Å². The molecule has 10 heteroatoms. The number of nitrogens with zero attached hydrogens (tertiary/aromatic N) is 6. The minimum Gasteiger partial charge on any atom is -0.271 e. The summed E-state index contributed by atoms with van der Waals surface area (Å²) in [5.41, 5.74) is 1.98. The number of carbonyl (C=O) groups is 1. The van der Waals surface area contributed by atoms with Crippen LogP contribution in [0, 0.1) is 0 Å². The number of alkyl halides is 3. The highest BCUT2D eigenvalue weighted by atomic mass is 19.4. The molecule has 1 aromatic heterocycles. The Morgan fingerprint density at radius 1 is 0.846 bits per heavy atom. The number of aromatic nitrogens is 4. The van der Waals surface area contributed by atoms with Crippen molar-refractivity contribution in [3.8, 4) is 11.4 Å². The van der Waals surface area contributed by atoms with Crippen LogP contribution in [0.1, 0.15) is 29.2 Å². The SMILES string of the molecule is O=C(Cn1nnc(-c2cccc(C(F)(F)F)c2)n1)N1N=C(c2ccc3ccccc3c2)CC1c1ccccc1. The predicted molar refractivity (Wildman–Crippen MR) is 139 cm³/mol. The summed E-state index contributed by atoms with van der Waals surface area (Å²) in [5, 5.41) is 20.3. The zero-order chi connectivity index (χ0) is 27.0. The number of benzene rings is 4. The molecule has 0 saturated heterocycles. The molecular formula is C29H21F3N6O. The summed E-state index contributed by atoms with van der Waals surface area (Å²) < 4.78 is 39.4. The summed E-state index contributed by atoms with van der Waals surface area (Å²) in [5.74, 6) is -0.372. The van der Waals surface area contributed by atoms with Gasteiger partial charge in [0.2, 0.25) is 5.82 Å². The van der Waals surface area contributed by atoms with Crippen molar-refractivity contribution < 1.29 is 18.0 Å². The van der Waals surface area contributed by atoms with Gasteiger partial charge in [-0.15, -0.1) is 10.2 Å². The number of carbonyl (C=O) groups excluding carboxylic acids is 1. The molecule has 0 fully saturated rings. The van der Waals surface area contributed by atoms with E-state index in [-0.39, 0.29) is 29.9 Å². The average Bonchev–Trinajstić information content (AvgIpc) is 3.61. The van der Waals surface area contributed by atoms with Crippen LogP contribution >= 0.6 is 0 Å². The first kappa shape index (κ1) is 24.5. The lowest BCUT2D eigenvalue weighted by Crippen LogP contribution is -2.31. The number of fused-ring (bicyclic) bond motifs is 1. The Morgan fingerprint density at radius 2 is 1.62 bits per heavy atom. The number of halogens is 3. The van der Waals surface area contributed by atoms with Crippen molar-refractivity contribution in [2.24, 2.45) is 5.10 Å². The van der Waals surface area contributed by atoms with Crippen molar-refractivity contribution in [1.82, 2.24) is 25.2 Å². The van der Waals surface area contributed by atoms with E-state index in [0.29, 0.717) is 6.42 Å². The second kappa shape index (κ2) is 9.79. The van der Waals surface area contributed by atoms with Crippen molar-refractivity contribution in [2.75, 3.05) is 0 Å². The van der Waals surface area contributed by atoms with Gasteiger partial charge in [-0.05, 0) is 45.3 Å². The molecule has 7 nitrogen and oxygen atoms in total. The van der Waals surface area contributed by atoms with Crippen LogP contribution in [0.5, 0.6) is 0 Å². The van der Waals surface area contributed by atoms with Gasteiger partial charge in [-0.3, -0.25) is 4.79 Å². The minimum absolute atomic E-state index is 0.00437. The molecular weight excluding hydrogens is 505 g/mol. The molecule has 39 heavy (non-hydrogen) atoms. The molecule has 1 aliphatic heterocycles. The average molecular weight is 527 g/mol. The topological polar surface area (TPSA) is 76.3 Å². The molecule has 0 spiro atoms. The molecule has 1 amide bonds. The van der Waals surface area contributed by atoms with Crippen LogP contribution in [-0.4, -0.2) is 36.8 Å². The third-order valence-corrected chi connectivity index (χ3v) is 6.61. The summed E-state index contributed by atoms with van der Waals surface area (Å²) in [6.45, 7) is -0.274. The number of amides is 1. The monoisotopic (exact) mass is 526 g/mol. The van der Waals surface area contributed by atoms with E-state index >= 15 is 0 Å². The van der Waals surface area contributed by atoms with Crippen molar-refractivity contribution in [2.45, 2.75) is 25.2 Å². The van der Waals surface area contributed by atoms with Gasteiger partial charge in [-0.2, -0.15) is 23.1 Å². The maximum atomic E-state index is 13.5. The van der Waals surface area contributed by atoms with E-state index in [4.69, 9.17) is 5.10 Å².